The molecule has 0 bridgehead atoms. The molecule has 5 rings (SSSR count). The summed E-state index contributed by atoms with van der Waals surface area (Å²) in [7, 11) is 1.97. The summed E-state index contributed by atoms with van der Waals surface area (Å²) < 4.78 is 1.73. The number of fused-ring (bicyclic) bond motifs is 1. The van der Waals surface area contributed by atoms with Crippen LogP contribution in [0, 0.1) is 12.8 Å². The number of piperazine rings is 1. The van der Waals surface area contributed by atoms with Crippen LogP contribution in [0.25, 0.3) is 17.1 Å². The molecule has 1 fully saturated rings. The van der Waals surface area contributed by atoms with Crippen LogP contribution in [-0.2, 0) is 4.79 Å². The number of amides is 2. The minimum absolute atomic E-state index is 0.0259. The molecular formula is C31H39N7O2. The van der Waals surface area contributed by atoms with Crippen molar-refractivity contribution in [1.82, 2.24) is 25.0 Å². The van der Waals surface area contributed by atoms with Gasteiger partial charge in [-0.3, -0.25) is 9.59 Å². The van der Waals surface area contributed by atoms with E-state index in [1.165, 1.54) is 0 Å². The Morgan fingerprint density at radius 2 is 1.65 bits per heavy atom. The maximum atomic E-state index is 13.6. The molecule has 210 valence electrons. The molecule has 3 heterocycles. The van der Waals surface area contributed by atoms with Gasteiger partial charge in [0.2, 0.25) is 11.7 Å². The van der Waals surface area contributed by atoms with Gasteiger partial charge in [-0.15, -0.1) is 5.10 Å². The molecule has 0 aliphatic carbocycles. The van der Waals surface area contributed by atoms with Crippen LogP contribution in [0.15, 0.2) is 54.7 Å². The van der Waals surface area contributed by atoms with Crippen molar-refractivity contribution in [2.75, 3.05) is 29.9 Å². The molecule has 2 aromatic carbocycles. The molecule has 0 radical (unpaired) electrons. The fourth-order valence-corrected chi connectivity index (χ4v) is 5.61. The number of aromatic nitrogens is 3. The summed E-state index contributed by atoms with van der Waals surface area (Å²) >= 11 is 0. The van der Waals surface area contributed by atoms with E-state index in [4.69, 9.17) is 10.1 Å². The average molecular weight is 542 g/mol. The van der Waals surface area contributed by atoms with E-state index in [1.54, 1.807) is 4.68 Å². The highest BCUT2D eigenvalue weighted by Gasteiger charge is 2.35. The van der Waals surface area contributed by atoms with Gasteiger partial charge < -0.3 is 20.0 Å². The lowest BCUT2D eigenvalue weighted by atomic mass is 10.0. The minimum atomic E-state index is -0.202. The quantitative estimate of drug-likeness (QED) is 0.527. The maximum absolute atomic E-state index is 13.6. The van der Waals surface area contributed by atoms with E-state index in [9.17, 15) is 9.59 Å². The molecule has 0 spiro atoms. The van der Waals surface area contributed by atoms with Crippen molar-refractivity contribution in [2.24, 2.45) is 5.92 Å². The third kappa shape index (κ3) is 4.90. The summed E-state index contributed by atoms with van der Waals surface area (Å²) in [4.78, 5) is 37.5. The Kier molecular flexibility index (Phi) is 7.27. The van der Waals surface area contributed by atoms with Crippen LogP contribution in [0.1, 0.15) is 50.8 Å². The number of rotatable bonds is 4. The SMILES string of the molecule is C=C1[C@@H](C)N(C(=O)C(C)C)c2cc(-c3nc(C(=O)N4C[C@@H](C)N[C@@H](C)C4)nn3-c3ccc(C)cc3)ccc2N1C. The van der Waals surface area contributed by atoms with Gasteiger partial charge in [-0.05, 0) is 58.0 Å². The van der Waals surface area contributed by atoms with Crippen molar-refractivity contribution in [2.45, 2.75) is 59.7 Å². The van der Waals surface area contributed by atoms with Crippen molar-refractivity contribution in [3.05, 3.63) is 66.1 Å². The summed E-state index contributed by atoms with van der Waals surface area (Å²) in [5.41, 5.74) is 5.23. The zero-order valence-corrected chi connectivity index (χ0v) is 24.5. The summed E-state index contributed by atoms with van der Waals surface area (Å²) in [6.07, 6.45) is 0. The summed E-state index contributed by atoms with van der Waals surface area (Å²) in [5.74, 6) is 0.357. The van der Waals surface area contributed by atoms with Gasteiger partial charge in [0.25, 0.3) is 5.91 Å². The number of anilines is 2. The van der Waals surface area contributed by atoms with Gasteiger partial charge in [0.05, 0.1) is 23.1 Å². The summed E-state index contributed by atoms with van der Waals surface area (Å²) in [6.45, 7) is 17.4. The Bertz CT molecular complexity index is 1450. The minimum Gasteiger partial charge on any atom is -0.345 e. The summed E-state index contributed by atoms with van der Waals surface area (Å²) in [5, 5.41) is 8.20. The smallest absolute Gasteiger partial charge is 0.293 e. The lowest BCUT2D eigenvalue weighted by Gasteiger charge is -2.43. The molecule has 1 saturated heterocycles. The zero-order valence-electron chi connectivity index (χ0n) is 24.5. The first kappa shape index (κ1) is 27.6. The van der Waals surface area contributed by atoms with Gasteiger partial charge in [-0.25, -0.2) is 9.67 Å². The van der Waals surface area contributed by atoms with Crippen LogP contribution < -0.4 is 15.1 Å². The Morgan fingerprint density at radius 3 is 2.27 bits per heavy atom. The van der Waals surface area contributed by atoms with E-state index in [0.717, 1.165) is 33.9 Å². The Labute approximate surface area is 236 Å². The Balaban J connectivity index is 1.64. The van der Waals surface area contributed by atoms with Crippen molar-refractivity contribution in [3.8, 4) is 17.1 Å². The highest BCUT2D eigenvalue weighted by Crippen LogP contribution is 2.42. The van der Waals surface area contributed by atoms with E-state index >= 15 is 0 Å². The number of hydrogen-bond acceptors (Lipinski definition) is 6. The van der Waals surface area contributed by atoms with Gasteiger partial charge in [-0.1, -0.05) is 38.1 Å². The first-order valence-electron chi connectivity index (χ1n) is 14.0. The monoisotopic (exact) mass is 541 g/mol. The van der Waals surface area contributed by atoms with Crippen LogP contribution in [0.2, 0.25) is 0 Å². The van der Waals surface area contributed by atoms with Crippen LogP contribution in [0.5, 0.6) is 0 Å². The van der Waals surface area contributed by atoms with Crippen LogP contribution in [-0.4, -0.2) is 69.7 Å². The van der Waals surface area contributed by atoms with E-state index in [2.05, 4.69) is 25.7 Å². The molecule has 2 aliphatic rings. The number of likely N-dealkylation sites (N-methyl/N-ethyl adjacent to an activating group) is 1. The molecule has 40 heavy (non-hydrogen) atoms. The first-order valence-corrected chi connectivity index (χ1v) is 14.0. The lowest BCUT2D eigenvalue weighted by molar-refractivity contribution is -0.121. The molecule has 9 heteroatoms. The topological polar surface area (TPSA) is 86.6 Å². The number of nitrogens with zero attached hydrogens (tertiary/aromatic N) is 6. The van der Waals surface area contributed by atoms with E-state index in [0.29, 0.717) is 18.9 Å². The molecule has 1 aromatic heterocycles. The number of hydrogen-bond donors (Lipinski definition) is 1. The van der Waals surface area contributed by atoms with Crippen LogP contribution in [0.3, 0.4) is 0 Å². The van der Waals surface area contributed by atoms with Gasteiger partial charge in [0, 0.05) is 49.4 Å². The normalized spacial score (nSPS) is 21.1. The largest absolute Gasteiger partial charge is 0.345 e. The highest BCUT2D eigenvalue weighted by atomic mass is 16.2. The second-order valence-electron chi connectivity index (χ2n) is 11.5. The molecule has 9 nitrogen and oxygen atoms in total. The van der Waals surface area contributed by atoms with Crippen molar-refractivity contribution in [1.29, 1.82) is 0 Å². The van der Waals surface area contributed by atoms with Crippen LogP contribution in [0.4, 0.5) is 11.4 Å². The molecule has 2 aliphatic heterocycles. The third-order valence-corrected chi connectivity index (χ3v) is 7.81. The van der Waals surface area contributed by atoms with Crippen LogP contribution >= 0.6 is 0 Å². The fourth-order valence-electron chi connectivity index (χ4n) is 5.61. The number of aryl methyl sites for hydroxylation is 1. The molecule has 0 saturated carbocycles. The van der Waals surface area contributed by atoms with Gasteiger partial charge in [-0.2, -0.15) is 0 Å². The zero-order chi connectivity index (χ0) is 28.9. The lowest BCUT2D eigenvalue weighted by Crippen LogP contribution is -2.56. The number of benzene rings is 2. The van der Waals surface area contributed by atoms with E-state index < -0.39 is 0 Å². The molecule has 3 atom stereocenters. The predicted molar refractivity (Wildman–Crippen MR) is 159 cm³/mol. The standard InChI is InChI=1S/C31H39N7O2/c1-18(2)30(39)37-23(7)22(6)35(8)26-14-11-24(15-27(26)37)29-33-28(31(40)36-16-20(4)32-21(5)17-36)34-38(29)25-12-9-19(3)10-13-25/h9-15,18,20-21,23,32H,6,16-17H2,1-5,7-8H3/t20-,21+,23-/m1/s1. The second-order valence-corrected chi connectivity index (χ2v) is 11.5. The maximum Gasteiger partial charge on any atom is 0.293 e. The number of carbonyl (C=O) groups is 2. The van der Waals surface area contributed by atoms with Crippen molar-refractivity contribution in [3.63, 3.8) is 0 Å². The second kappa shape index (κ2) is 10.5. The van der Waals surface area contributed by atoms with E-state index in [1.807, 2.05) is 91.9 Å². The van der Waals surface area contributed by atoms with Crippen molar-refractivity contribution >= 4 is 23.2 Å². The van der Waals surface area contributed by atoms with Gasteiger partial charge >= 0.3 is 0 Å². The molecular weight excluding hydrogens is 502 g/mol. The fraction of sp³-hybridized carbons (Fsp3) is 0.419. The Hall–Kier alpha value is -3.98. The third-order valence-electron chi connectivity index (χ3n) is 7.81. The van der Waals surface area contributed by atoms with Crippen molar-refractivity contribution < 1.29 is 9.59 Å². The first-order chi connectivity index (χ1) is 19.0. The van der Waals surface area contributed by atoms with Gasteiger partial charge in [0.1, 0.15) is 0 Å². The summed E-state index contributed by atoms with van der Waals surface area (Å²) in [6, 6.07) is 14.1. The predicted octanol–water partition coefficient (Wildman–Crippen LogP) is 4.41. The van der Waals surface area contributed by atoms with Gasteiger partial charge in [0.15, 0.2) is 5.82 Å². The molecule has 0 unspecified atom stereocenters. The molecule has 2 amide bonds. The molecule has 3 aromatic rings. The highest BCUT2D eigenvalue weighted by molar-refractivity contribution is 6.01. The van der Waals surface area contributed by atoms with E-state index in [-0.39, 0.29) is 41.7 Å². The molecule has 1 N–H and O–H groups in total. The average Bonchev–Trinajstić information content (AvgIpc) is 3.36. The Morgan fingerprint density at radius 1 is 1.00 bits per heavy atom. The number of nitrogens with one attached hydrogen (secondary N) is 1. The number of carbonyl (C=O) groups excluding carboxylic acids is 2.